The average molecular weight is 311 g/mol. The zero-order valence-electron chi connectivity index (χ0n) is 11.8. The van der Waals surface area contributed by atoms with E-state index in [9.17, 15) is 9.90 Å². The second-order valence-corrected chi connectivity index (χ2v) is 5.62. The van der Waals surface area contributed by atoms with Gasteiger partial charge in [-0.25, -0.2) is 4.98 Å². The van der Waals surface area contributed by atoms with E-state index in [2.05, 4.69) is 15.3 Å². The number of anilines is 1. The Labute approximate surface area is 131 Å². The number of rotatable bonds is 3. The van der Waals surface area contributed by atoms with Crippen LogP contribution < -0.4 is 5.32 Å². The minimum absolute atomic E-state index is 0.0305. The zero-order valence-corrected chi connectivity index (χ0v) is 12.6. The molecule has 110 valence electrons. The van der Waals surface area contributed by atoms with Gasteiger partial charge in [0.25, 0.3) is 5.91 Å². The van der Waals surface area contributed by atoms with Gasteiger partial charge in [-0.3, -0.25) is 9.78 Å². The molecule has 0 aliphatic carbocycles. The highest BCUT2D eigenvalue weighted by Crippen LogP contribution is 2.28. The van der Waals surface area contributed by atoms with Crippen molar-refractivity contribution in [2.75, 3.05) is 5.32 Å². The first-order chi connectivity index (χ1) is 10.6. The maximum Gasteiger partial charge on any atom is 0.267 e. The Balaban J connectivity index is 1.88. The van der Waals surface area contributed by atoms with Gasteiger partial charge in [0, 0.05) is 6.20 Å². The SMILES string of the molecule is Cc1nc(-c2ccccn2)sc1C(=O)Nc1ccccc1O. The monoisotopic (exact) mass is 311 g/mol. The number of aryl methyl sites for hydroxylation is 1. The number of nitrogens with one attached hydrogen (secondary N) is 1. The molecule has 0 saturated carbocycles. The van der Waals surface area contributed by atoms with E-state index in [1.54, 1.807) is 31.3 Å². The van der Waals surface area contributed by atoms with E-state index in [0.717, 1.165) is 5.69 Å². The number of phenols is 1. The van der Waals surface area contributed by atoms with Gasteiger partial charge < -0.3 is 10.4 Å². The van der Waals surface area contributed by atoms with Crippen LogP contribution in [0.1, 0.15) is 15.4 Å². The number of hydrogen-bond donors (Lipinski definition) is 2. The zero-order chi connectivity index (χ0) is 15.5. The number of carbonyl (C=O) groups excluding carboxylic acids is 1. The minimum atomic E-state index is -0.293. The Bertz CT molecular complexity index is 815. The van der Waals surface area contributed by atoms with Gasteiger partial charge in [-0.2, -0.15) is 0 Å². The van der Waals surface area contributed by atoms with Crippen molar-refractivity contribution in [2.45, 2.75) is 6.92 Å². The molecule has 0 fully saturated rings. The lowest BCUT2D eigenvalue weighted by Crippen LogP contribution is -2.11. The maximum atomic E-state index is 12.4. The Morgan fingerprint density at radius 1 is 1.18 bits per heavy atom. The fourth-order valence-corrected chi connectivity index (χ4v) is 2.90. The fourth-order valence-electron chi connectivity index (χ4n) is 1.96. The summed E-state index contributed by atoms with van der Waals surface area (Å²) in [5, 5.41) is 13.1. The number of aromatic nitrogens is 2. The summed E-state index contributed by atoms with van der Waals surface area (Å²) in [5.74, 6) is -0.262. The van der Waals surface area contributed by atoms with E-state index in [1.165, 1.54) is 17.4 Å². The van der Waals surface area contributed by atoms with Gasteiger partial charge in [0.15, 0.2) is 0 Å². The van der Waals surface area contributed by atoms with Crippen molar-refractivity contribution in [3.8, 4) is 16.5 Å². The van der Waals surface area contributed by atoms with Crippen LogP contribution in [0.3, 0.4) is 0 Å². The lowest BCUT2D eigenvalue weighted by molar-refractivity contribution is 0.102. The van der Waals surface area contributed by atoms with Crippen LogP contribution in [0.5, 0.6) is 5.75 Å². The third-order valence-corrected chi connectivity index (χ3v) is 4.22. The Kier molecular flexibility index (Phi) is 3.84. The molecule has 0 spiro atoms. The van der Waals surface area contributed by atoms with Gasteiger partial charge in [0.05, 0.1) is 17.1 Å². The van der Waals surface area contributed by atoms with E-state index in [-0.39, 0.29) is 11.7 Å². The van der Waals surface area contributed by atoms with Crippen LogP contribution in [-0.4, -0.2) is 21.0 Å². The van der Waals surface area contributed by atoms with E-state index < -0.39 is 0 Å². The summed E-state index contributed by atoms with van der Waals surface area (Å²) in [4.78, 5) is 21.5. The van der Waals surface area contributed by atoms with E-state index in [0.29, 0.717) is 21.3 Å². The third-order valence-electron chi connectivity index (χ3n) is 3.04. The van der Waals surface area contributed by atoms with Crippen molar-refractivity contribution in [1.82, 2.24) is 9.97 Å². The van der Waals surface area contributed by atoms with Crippen molar-refractivity contribution in [2.24, 2.45) is 0 Å². The molecule has 1 aromatic carbocycles. The Morgan fingerprint density at radius 2 is 1.95 bits per heavy atom. The number of benzene rings is 1. The predicted octanol–water partition coefficient (Wildman–Crippen LogP) is 3.47. The molecule has 0 aliphatic rings. The highest BCUT2D eigenvalue weighted by Gasteiger charge is 2.17. The summed E-state index contributed by atoms with van der Waals surface area (Å²) in [6.45, 7) is 1.78. The summed E-state index contributed by atoms with van der Waals surface area (Å²) in [5.41, 5.74) is 1.75. The van der Waals surface area contributed by atoms with Crippen LogP contribution in [0.4, 0.5) is 5.69 Å². The number of phenolic OH excluding ortho intramolecular Hbond substituents is 1. The predicted molar refractivity (Wildman–Crippen MR) is 86.1 cm³/mol. The lowest BCUT2D eigenvalue weighted by Gasteiger charge is -2.05. The van der Waals surface area contributed by atoms with Crippen molar-refractivity contribution in [1.29, 1.82) is 0 Å². The molecule has 3 rings (SSSR count). The van der Waals surface area contributed by atoms with Crippen LogP contribution in [0.2, 0.25) is 0 Å². The molecule has 22 heavy (non-hydrogen) atoms. The largest absolute Gasteiger partial charge is 0.506 e. The first kappa shape index (κ1) is 14.2. The number of carbonyl (C=O) groups is 1. The topological polar surface area (TPSA) is 75.1 Å². The summed E-state index contributed by atoms with van der Waals surface area (Å²) in [6, 6.07) is 12.2. The summed E-state index contributed by atoms with van der Waals surface area (Å²) in [7, 11) is 0. The van der Waals surface area contributed by atoms with Gasteiger partial charge in [0.1, 0.15) is 15.6 Å². The number of thiazole rings is 1. The average Bonchev–Trinajstić information content (AvgIpc) is 2.92. The molecule has 0 unspecified atom stereocenters. The number of aromatic hydroxyl groups is 1. The van der Waals surface area contributed by atoms with Crippen molar-refractivity contribution in [3.05, 3.63) is 59.2 Å². The van der Waals surface area contributed by atoms with Gasteiger partial charge in [-0.15, -0.1) is 11.3 Å². The van der Waals surface area contributed by atoms with Crippen LogP contribution >= 0.6 is 11.3 Å². The van der Waals surface area contributed by atoms with E-state index in [4.69, 9.17) is 0 Å². The van der Waals surface area contributed by atoms with Crippen molar-refractivity contribution < 1.29 is 9.90 Å². The number of amides is 1. The van der Waals surface area contributed by atoms with Gasteiger partial charge in [-0.05, 0) is 31.2 Å². The van der Waals surface area contributed by atoms with E-state index in [1.807, 2.05) is 18.2 Å². The van der Waals surface area contributed by atoms with Gasteiger partial charge in [-0.1, -0.05) is 18.2 Å². The highest BCUT2D eigenvalue weighted by molar-refractivity contribution is 7.17. The van der Waals surface area contributed by atoms with Crippen LogP contribution in [-0.2, 0) is 0 Å². The number of para-hydroxylation sites is 2. The molecule has 2 aromatic heterocycles. The second kappa shape index (κ2) is 5.95. The van der Waals surface area contributed by atoms with Crippen LogP contribution in [0.25, 0.3) is 10.7 Å². The number of hydrogen-bond acceptors (Lipinski definition) is 5. The van der Waals surface area contributed by atoms with Gasteiger partial charge in [0.2, 0.25) is 0 Å². The normalized spacial score (nSPS) is 10.4. The first-order valence-corrected chi connectivity index (χ1v) is 7.45. The maximum absolute atomic E-state index is 12.4. The standard InChI is InChI=1S/C16H13N3O2S/c1-10-14(15(21)19-11-6-2-3-8-13(11)20)22-16(18-10)12-7-4-5-9-17-12/h2-9,20H,1H3,(H,19,21). The summed E-state index contributed by atoms with van der Waals surface area (Å²) in [6.07, 6.45) is 1.69. The smallest absolute Gasteiger partial charge is 0.267 e. The second-order valence-electron chi connectivity index (χ2n) is 4.62. The van der Waals surface area contributed by atoms with Crippen LogP contribution in [0, 0.1) is 6.92 Å². The minimum Gasteiger partial charge on any atom is -0.506 e. The first-order valence-electron chi connectivity index (χ1n) is 6.63. The van der Waals surface area contributed by atoms with Crippen molar-refractivity contribution >= 4 is 22.9 Å². The van der Waals surface area contributed by atoms with Gasteiger partial charge >= 0.3 is 0 Å². The third kappa shape index (κ3) is 2.82. The Hall–Kier alpha value is -2.73. The quantitative estimate of drug-likeness (QED) is 0.726. The van der Waals surface area contributed by atoms with E-state index >= 15 is 0 Å². The molecule has 2 heterocycles. The summed E-state index contributed by atoms with van der Waals surface area (Å²) >= 11 is 1.28. The molecule has 0 bridgehead atoms. The Morgan fingerprint density at radius 3 is 2.68 bits per heavy atom. The number of nitrogens with zero attached hydrogens (tertiary/aromatic N) is 2. The number of pyridine rings is 1. The molecular weight excluding hydrogens is 298 g/mol. The molecular formula is C16H13N3O2S. The highest BCUT2D eigenvalue weighted by atomic mass is 32.1. The molecule has 2 N–H and O–H groups in total. The fraction of sp³-hybridized carbons (Fsp3) is 0.0625. The molecule has 0 radical (unpaired) electrons. The molecule has 0 saturated heterocycles. The molecule has 6 heteroatoms. The molecule has 5 nitrogen and oxygen atoms in total. The van der Waals surface area contributed by atoms with Crippen molar-refractivity contribution in [3.63, 3.8) is 0 Å². The summed E-state index contributed by atoms with van der Waals surface area (Å²) < 4.78 is 0. The molecule has 1 amide bonds. The molecule has 0 aliphatic heterocycles. The molecule has 0 atom stereocenters. The molecule has 3 aromatic rings. The van der Waals surface area contributed by atoms with Crippen LogP contribution in [0.15, 0.2) is 48.7 Å². The lowest BCUT2D eigenvalue weighted by atomic mass is 10.3.